The van der Waals surface area contributed by atoms with Crippen LogP contribution >= 0.6 is 22.6 Å². The molecule has 1 N–H and O–H groups in total. The molecule has 2 aromatic carbocycles. The molecule has 0 radical (unpaired) electrons. The fourth-order valence-corrected chi connectivity index (χ4v) is 2.24. The van der Waals surface area contributed by atoms with Gasteiger partial charge in [-0.3, -0.25) is 9.59 Å². The van der Waals surface area contributed by atoms with E-state index in [0.29, 0.717) is 20.4 Å². The van der Waals surface area contributed by atoms with Crippen LogP contribution in [0.4, 0.5) is 10.1 Å². The molecule has 0 bridgehead atoms. The normalized spacial score (nSPS) is 10.0. The Bertz CT molecular complexity index is 626. The van der Waals surface area contributed by atoms with Crippen LogP contribution in [0.2, 0.25) is 0 Å². The second-order valence-electron chi connectivity index (χ2n) is 3.82. The lowest BCUT2D eigenvalue weighted by atomic mass is 10.2. The average molecular weight is 369 g/mol. The molecular weight excluding hydrogens is 360 g/mol. The summed E-state index contributed by atoms with van der Waals surface area (Å²) < 4.78 is 13.5. The first kappa shape index (κ1) is 13.7. The van der Waals surface area contributed by atoms with Crippen molar-refractivity contribution in [2.75, 3.05) is 5.32 Å². The van der Waals surface area contributed by atoms with Gasteiger partial charge in [0.15, 0.2) is 0 Å². The van der Waals surface area contributed by atoms with Gasteiger partial charge < -0.3 is 5.32 Å². The summed E-state index contributed by atoms with van der Waals surface area (Å²) in [5.74, 6) is -0.695. The van der Waals surface area contributed by atoms with Crippen LogP contribution in [0.3, 0.4) is 0 Å². The highest BCUT2D eigenvalue weighted by molar-refractivity contribution is 14.1. The van der Waals surface area contributed by atoms with Gasteiger partial charge in [0, 0.05) is 14.8 Å². The molecule has 3 nitrogen and oxygen atoms in total. The number of benzene rings is 2. The third-order valence-corrected chi connectivity index (χ3v) is 3.37. The highest BCUT2D eigenvalue weighted by Gasteiger charge is 2.10. The first-order chi connectivity index (χ1) is 9.10. The Labute approximate surface area is 123 Å². The second-order valence-corrected chi connectivity index (χ2v) is 4.98. The predicted octanol–water partition coefficient (Wildman–Crippen LogP) is 3.50. The Kier molecular flexibility index (Phi) is 4.26. The summed E-state index contributed by atoms with van der Waals surface area (Å²) >= 11 is 1.91. The van der Waals surface area contributed by atoms with Crippen molar-refractivity contribution in [3.63, 3.8) is 0 Å². The minimum atomic E-state index is -0.378. The smallest absolute Gasteiger partial charge is 0.256 e. The van der Waals surface area contributed by atoms with E-state index < -0.39 is 0 Å². The average Bonchev–Trinajstić information content (AvgIpc) is 2.39. The first-order valence-electron chi connectivity index (χ1n) is 5.42. The first-order valence-corrected chi connectivity index (χ1v) is 6.49. The molecule has 0 spiro atoms. The summed E-state index contributed by atoms with van der Waals surface area (Å²) in [6.07, 6.45) is 0.731. The molecule has 1 amide bonds. The van der Waals surface area contributed by atoms with Crippen LogP contribution in [0.1, 0.15) is 20.7 Å². The van der Waals surface area contributed by atoms with Gasteiger partial charge in [0.1, 0.15) is 12.1 Å². The molecular formula is C14H9FINO2. The van der Waals surface area contributed by atoms with Crippen LogP contribution in [0, 0.1) is 9.39 Å². The number of carbonyl (C=O) groups excluding carboxylic acids is 2. The van der Waals surface area contributed by atoms with Crippen molar-refractivity contribution in [1.29, 1.82) is 0 Å². The molecule has 0 unspecified atom stereocenters. The third kappa shape index (κ3) is 3.37. The quantitative estimate of drug-likeness (QED) is 0.665. The summed E-state index contributed by atoms with van der Waals surface area (Å²) in [4.78, 5) is 22.5. The van der Waals surface area contributed by atoms with Crippen molar-refractivity contribution in [2.45, 2.75) is 0 Å². The number of halogens is 2. The highest BCUT2D eigenvalue weighted by Crippen LogP contribution is 2.16. The lowest BCUT2D eigenvalue weighted by Crippen LogP contribution is -2.13. The number of hydrogen-bond acceptors (Lipinski definition) is 2. The molecule has 96 valence electrons. The Morgan fingerprint density at radius 2 is 1.84 bits per heavy atom. The Morgan fingerprint density at radius 3 is 2.42 bits per heavy atom. The lowest BCUT2D eigenvalue weighted by Gasteiger charge is -2.07. The van der Waals surface area contributed by atoms with Gasteiger partial charge in [-0.1, -0.05) is 0 Å². The Hall–Kier alpha value is -1.76. The van der Waals surface area contributed by atoms with E-state index in [0.717, 1.165) is 6.29 Å². The van der Waals surface area contributed by atoms with Crippen molar-refractivity contribution >= 4 is 40.5 Å². The van der Waals surface area contributed by atoms with E-state index in [2.05, 4.69) is 5.32 Å². The van der Waals surface area contributed by atoms with Gasteiger partial charge in [-0.15, -0.1) is 0 Å². The number of nitrogens with one attached hydrogen (secondary N) is 1. The maximum Gasteiger partial charge on any atom is 0.256 e. The summed E-state index contributed by atoms with van der Waals surface area (Å²) in [6, 6.07) is 10.5. The molecule has 2 aromatic rings. The van der Waals surface area contributed by atoms with Crippen LogP contribution in [-0.4, -0.2) is 12.2 Å². The van der Waals surface area contributed by atoms with E-state index in [4.69, 9.17) is 0 Å². The molecule has 5 heteroatoms. The molecule has 19 heavy (non-hydrogen) atoms. The third-order valence-electron chi connectivity index (χ3n) is 2.48. The number of carbonyl (C=O) groups is 2. The van der Waals surface area contributed by atoms with Crippen LogP contribution in [0.25, 0.3) is 0 Å². The van der Waals surface area contributed by atoms with Gasteiger partial charge in [-0.05, 0) is 65.1 Å². The molecule has 0 aromatic heterocycles. The minimum Gasteiger partial charge on any atom is -0.322 e. The van der Waals surface area contributed by atoms with E-state index in [1.807, 2.05) is 22.6 Å². The van der Waals surface area contributed by atoms with Crippen molar-refractivity contribution in [1.82, 2.24) is 0 Å². The molecule has 2 rings (SSSR count). The van der Waals surface area contributed by atoms with Crippen molar-refractivity contribution in [2.24, 2.45) is 0 Å². The van der Waals surface area contributed by atoms with Gasteiger partial charge in [-0.2, -0.15) is 0 Å². The zero-order valence-electron chi connectivity index (χ0n) is 9.69. The summed E-state index contributed by atoms with van der Waals surface area (Å²) in [5, 5.41) is 2.69. The fraction of sp³-hybridized carbons (Fsp3) is 0. The molecule has 0 fully saturated rings. The van der Waals surface area contributed by atoms with E-state index in [9.17, 15) is 14.0 Å². The maximum atomic E-state index is 13.0. The van der Waals surface area contributed by atoms with E-state index >= 15 is 0 Å². The van der Waals surface area contributed by atoms with Gasteiger partial charge in [0.25, 0.3) is 5.91 Å². The number of rotatable bonds is 3. The standard InChI is InChI=1S/C14H9FINO2/c15-10-3-6-12(13(16)7-10)14(19)17-11-4-1-9(8-18)2-5-11/h1-8H,(H,17,19). The van der Waals surface area contributed by atoms with Crippen LogP contribution in [-0.2, 0) is 0 Å². The van der Waals surface area contributed by atoms with Crippen LogP contribution in [0.5, 0.6) is 0 Å². The van der Waals surface area contributed by atoms with Crippen molar-refractivity contribution < 1.29 is 14.0 Å². The highest BCUT2D eigenvalue weighted by atomic mass is 127. The SMILES string of the molecule is O=Cc1ccc(NC(=O)c2ccc(F)cc2I)cc1. The number of anilines is 1. The monoisotopic (exact) mass is 369 g/mol. The number of aldehydes is 1. The van der Waals surface area contributed by atoms with Crippen molar-refractivity contribution in [3.8, 4) is 0 Å². The van der Waals surface area contributed by atoms with Crippen molar-refractivity contribution in [3.05, 3.63) is 63.0 Å². The number of hydrogen-bond donors (Lipinski definition) is 1. The van der Waals surface area contributed by atoms with E-state index in [1.165, 1.54) is 18.2 Å². The zero-order valence-corrected chi connectivity index (χ0v) is 11.8. The fourth-order valence-electron chi connectivity index (χ4n) is 1.52. The van der Waals surface area contributed by atoms with Crippen LogP contribution < -0.4 is 5.32 Å². The molecule has 0 heterocycles. The van der Waals surface area contributed by atoms with Gasteiger partial charge in [-0.25, -0.2) is 4.39 Å². The molecule has 0 aliphatic carbocycles. The Morgan fingerprint density at radius 1 is 1.16 bits per heavy atom. The molecule has 0 saturated heterocycles. The van der Waals surface area contributed by atoms with Gasteiger partial charge in [0.05, 0.1) is 5.56 Å². The zero-order chi connectivity index (χ0) is 13.8. The molecule has 0 atom stereocenters. The summed E-state index contributed by atoms with van der Waals surface area (Å²) in [7, 11) is 0. The summed E-state index contributed by atoms with van der Waals surface area (Å²) in [6.45, 7) is 0. The lowest BCUT2D eigenvalue weighted by molar-refractivity contribution is 0.102. The minimum absolute atomic E-state index is 0.316. The van der Waals surface area contributed by atoms with E-state index in [1.54, 1.807) is 24.3 Å². The molecule has 0 aliphatic rings. The predicted molar refractivity (Wildman–Crippen MR) is 78.9 cm³/mol. The van der Waals surface area contributed by atoms with E-state index in [-0.39, 0.29) is 11.7 Å². The van der Waals surface area contributed by atoms with Crippen LogP contribution in [0.15, 0.2) is 42.5 Å². The topological polar surface area (TPSA) is 46.2 Å². The molecule has 0 saturated carbocycles. The largest absolute Gasteiger partial charge is 0.322 e. The molecule has 0 aliphatic heterocycles. The summed E-state index contributed by atoms with van der Waals surface area (Å²) in [5.41, 5.74) is 1.52. The maximum absolute atomic E-state index is 13.0. The van der Waals surface area contributed by atoms with Gasteiger partial charge in [0.2, 0.25) is 0 Å². The Balaban J connectivity index is 2.18. The van der Waals surface area contributed by atoms with Gasteiger partial charge >= 0.3 is 0 Å². The number of amides is 1. The second kappa shape index (κ2) is 5.92.